The van der Waals surface area contributed by atoms with Gasteiger partial charge in [0.25, 0.3) is 0 Å². The first-order chi connectivity index (χ1) is 11.2. The van der Waals surface area contributed by atoms with Crippen LogP contribution in [0.4, 0.5) is 0 Å². The van der Waals surface area contributed by atoms with Crippen LogP contribution in [-0.4, -0.2) is 23.1 Å². The quantitative estimate of drug-likeness (QED) is 0.821. The second kappa shape index (κ2) is 7.40. The summed E-state index contributed by atoms with van der Waals surface area (Å²) in [7, 11) is 0. The molecule has 4 heteroatoms. The van der Waals surface area contributed by atoms with Gasteiger partial charge in [-0.25, -0.2) is 5.06 Å². The van der Waals surface area contributed by atoms with E-state index in [4.69, 9.17) is 9.57 Å². The van der Waals surface area contributed by atoms with E-state index in [0.717, 1.165) is 11.1 Å². The van der Waals surface area contributed by atoms with E-state index in [9.17, 15) is 4.79 Å². The minimum absolute atomic E-state index is 0.0218. The van der Waals surface area contributed by atoms with E-state index in [2.05, 4.69) is 0 Å². The molecule has 0 saturated carbocycles. The summed E-state index contributed by atoms with van der Waals surface area (Å²) in [6.45, 7) is 2.86. The Morgan fingerprint density at radius 2 is 1.52 bits per heavy atom. The van der Waals surface area contributed by atoms with Crippen LogP contribution >= 0.6 is 0 Å². The molecule has 2 aromatic rings. The molecule has 2 aromatic carbocycles. The van der Waals surface area contributed by atoms with Crippen molar-refractivity contribution in [2.75, 3.05) is 0 Å². The largest absolute Gasteiger partial charge is 0.371 e. The minimum Gasteiger partial charge on any atom is -0.371 e. The maximum absolute atomic E-state index is 12.1. The summed E-state index contributed by atoms with van der Waals surface area (Å²) >= 11 is 0. The molecule has 120 valence electrons. The zero-order valence-electron chi connectivity index (χ0n) is 13.2. The van der Waals surface area contributed by atoms with Gasteiger partial charge >= 0.3 is 0 Å². The Morgan fingerprint density at radius 3 is 2.13 bits per heavy atom. The van der Waals surface area contributed by atoms with E-state index in [0.29, 0.717) is 19.6 Å². The number of hydrogen-bond acceptors (Lipinski definition) is 3. The SMILES string of the molecule is C[C@@H]1[C@@H](OCc2ccccc2)CC(=O)N1OCc1ccccc1. The number of ether oxygens (including phenoxy) is 1. The summed E-state index contributed by atoms with van der Waals surface area (Å²) < 4.78 is 5.91. The maximum atomic E-state index is 12.1. The molecule has 0 aliphatic carbocycles. The lowest BCUT2D eigenvalue weighted by Crippen LogP contribution is -2.35. The standard InChI is InChI=1S/C19H21NO3/c1-15-18(22-13-16-8-4-2-5-9-16)12-19(21)20(15)23-14-17-10-6-3-7-11-17/h2-11,15,18H,12-14H2,1H3/t15-,18+/m1/s1. The highest BCUT2D eigenvalue weighted by molar-refractivity contribution is 5.78. The first-order valence-corrected chi connectivity index (χ1v) is 7.88. The van der Waals surface area contributed by atoms with Crippen LogP contribution in [0.25, 0.3) is 0 Å². The monoisotopic (exact) mass is 311 g/mol. The van der Waals surface area contributed by atoms with Gasteiger partial charge in [0.2, 0.25) is 5.91 Å². The van der Waals surface area contributed by atoms with Gasteiger partial charge in [-0.1, -0.05) is 60.7 Å². The molecule has 1 amide bonds. The van der Waals surface area contributed by atoms with Crippen LogP contribution in [0.1, 0.15) is 24.5 Å². The third kappa shape index (κ3) is 3.97. The van der Waals surface area contributed by atoms with Crippen molar-refractivity contribution in [3.63, 3.8) is 0 Å². The first-order valence-electron chi connectivity index (χ1n) is 7.88. The fourth-order valence-electron chi connectivity index (χ4n) is 2.69. The van der Waals surface area contributed by atoms with Crippen molar-refractivity contribution in [1.29, 1.82) is 0 Å². The molecule has 2 atom stereocenters. The van der Waals surface area contributed by atoms with Crippen LogP contribution in [0.2, 0.25) is 0 Å². The van der Waals surface area contributed by atoms with Crippen molar-refractivity contribution in [3.8, 4) is 0 Å². The predicted molar refractivity (Wildman–Crippen MR) is 87.2 cm³/mol. The number of carbonyl (C=O) groups is 1. The second-order valence-electron chi connectivity index (χ2n) is 5.76. The Bertz CT molecular complexity index is 630. The molecular formula is C19H21NO3. The molecule has 0 N–H and O–H groups in total. The Morgan fingerprint density at radius 1 is 0.957 bits per heavy atom. The van der Waals surface area contributed by atoms with Crippen LogP contribution in [0.3, 0.4) is 0 Å². The second-order valence-corrected chi connectivity index (χ2v) is 5.76. The molecule has 23 heavy (non-hydrogen) atoms. The van der Waals surface area contributed by atoms with Gasteiger partial charge < -0.3 is 4.74 Å². The molecule has 1 saturated heterocycles. The zero-order valence-corrected chi connectivity index (χ0v) is 13.2. The lowest BCUT2D eigenvalue weighted by Gasteiger charge is -2.23. The molecule has 4 nitrogen and oxygen atoms in total. The van der Waals surface area contributed by atoms with Crippen molar-refractivity contribution < 1.29 is 14.4 Å². The van der Waals surface area contributed by atoms with E-state index in [-0.39, 0.29) is 18.1 Å². The summed E-state index contributed by atoms with van der Waals surface area (Å²) in [6, 6.07) is 19.7. The van der Waals surface area contributed by atoms with Crippen LogP contribution < -0.4 is 0 Å². The molecule has 0 radical (unpaired) electrons. The van der Waals surface area contributed by atoms with Gasteiger partial charge in [0.05, 0.1) is 25.2 Å². The molecule has 1 heterocycles. The number of amides is 1. The molecule has 1 aliphatic heterocycles. The molecule has 3 rings (SSSR count). The summed E-state index contributed by atoms with van der Waals surface area (Å²) in [5.41, 5.74) is 2.15. The van der Waals surface area contributed by atoms with Crippen molar-refractivity contribution in [1.82, 2.24) is 5.06 Å². The van der Waals surface area contributed by atoms with Crippen molar-refractivity contribution in [3.05, 3.63) is 71.8 Å². The highest BCUT2D eigenvalue weighted by Crippen LogP contribution is 2.24. The lowest BCUT2D eigenvalue weighted by molar-refractivity contribution is -0.198. The summed E-state index contributed by atoms with van der Waals surface area (Å²) in [4.78, 5) is 17.8. The summed E-state index contributed by atoms with van der Waals surface area (Å²) in [5.74, 6) is -0.0218. The predicted octanol–water partition coefficient (Wildman–Crippen LogP) is 3.32. The fourth-order valence-corrected chi connectivity index (χ4v) is 2.69. The van der Waals surface area contributed by atoms with Crippen molar-refractivity contribution in [2.24, 2.45) is 0 Å². The number of rotatable bonds is 6. The average molecular weight is 311 g/mol. The highest BCUT2D eigenvalue weighted by Gasteiger charge is 2.38. The molecule has 0 unspecified atom stereocenters. The van der Waals surface area contributed by atoms with Crippen LogP contribution in [0.15, 0.2) is 60.7 Å². The summed E-state index contributed by atoms with van der Waals surface area (Å²) in [5, 5.41) is 1.46. The number of hydroxylamine groups is 2. The van der Waals surface area contributed by atoms with Gasteiger partial charge in [-0.05, 0) is 18.1 Å². The van der Waals surface area contributed by atoms with Crippen molar-refractivity contribution in [2.45, 2.75) is 38.7 Å². The molecule has 1 aliphatic rings. The highest BCUT2D eigenvalue weighted by atomic mass is 16.7. The number of hydrogen-bond donors (Lipinski definition) is 0. The summed E-state index contributed by atoms with van der Waals surface area (Å²) in [6.07, 6.45) is 0.224. The number of nitrogens with zero attached hydrogens (tertiary/aromatic N) is 1. The third-order valence-corrected chi connectivity index (χ3v) is 4.05. The smallest absolute Gasteiger partial charge is 0.249 e. The van der Waals surface area contributed by atoms with E-state index >= 15 is 0 Å². The van der Waals surface area contributed by atoms with Crippen LogP contribution in [0.5, 0.6) is 0 Å². The normalized spacial score (nSPS) is 20.9. The topological polar surface area (TPSA) is 38.8 Å². The Kier molecular flexibility index (Phi) is 5.05. The molecule has 0 aromatic heterocycles. The van der Waals surface area contributed by atoms with Crippen LogP contribution in [0, 0.1) is 0 Å². The molecule has 0 spiro atoms. The maximum Gasteiger partial charge on any atom is 0.249 e. The van der Waals surface area contributed by atoms with Gasteiger partial charge in [-0.2, -0.15) is 0 Å². The molecular weight excluding hydrogens is 290 g/mol. The third-order valence-electron chi connectivity index (χ3n) is 4.05. The Balaban J connectivity index is 1.53. The Hall–Kier alpha value is -2.17. The van der Waals surface area contributed by atoms with Gasteiger partial charge in [0.1, 0.15) is 6.61 Å². The Labute approximate surface area is 136 Å². The van der Waals surface area contributed by atoms with Gasteiger partial charge in [-0.15, -0.1) is 0 Å². The van der Waals surface area contributed by atoms with Crippen LogP contribution in [-0.2, 0) is 27.6 Å². The van der Waals surface area contributed by atoms with Gasteiger partial charge in [-0.3, -0.25) is 9.63 Å². The lowest BCUT2D eigenvalue weighted by atomic mass is 10.2. The van der Waals surface area contributed by atoms with Crippen molar-refractivity contribution >= 4 is 5.91 Å². The van der Waals surface area contributed by atoms with E-state index in [1.54, 1.807) is 0 Å². The number of benzene rings is 2. The van der Waals surface area contributed by atoms with Gasteiger partial charge in [0, 0.05) is 0 Å². The average Bonchev–Trinajstić information content (AvgIpc) is 2.87. The van der Waals surface area contributed by atoms with E-state index < -0.39 is 0 Å². The molecule has 0 bridgehead atoms. The number of carbonyl (C=O) groups excluding carboxylic acids is 1. The molecule has 1 fully saturated rings. The minimum atomic E-state index is -0.140. The zero-order chi connectivity index (χ0) is 16.1. The van der Waals surface area contributed by atoms with E-state index in [1.807, 2.05) is 67.6 Å². The van der Waals surface area contributed by atoms with E-state index in [1.165, 1.54) is 5.06 Å². The first kappa shape index (κ1) is 15.7. The van der Waals surface area contributed by atoms with Gasteiger partial charge in [0.15, 0.2) is 0 Å². The fraction of sp³-hybridized carbons (Fsp3) is 0.316.